The molecule has 5 nitrogen and oxygen atoms in total. The smallest absolute Gasteiger partial charge is 0.294 e. The molecule has 5 heteroatoms. The lowest BCUT2D eigenvalue weighted by Crippen LogP contribution is -2.15. The number of nitrogens with one attached hydrogen (secondary N) is 1. The summed E-state index contributed by atoms with van der Waals surface area (Å²) in [5.74, 6) is 1.52. The van der Waals surface area contributed by atoms with Crippen molar-refractivity contribution in [2.75, 3.05) is 13.2 Å². The fraction of sp³-hybridized carbons (Fsp3) is 0.464. The molecule has 178 valence electrons. The minimum atomic E-state index is -0.262. The van der Waals surface area contributed by atoms with Crippen LogP contribution in [0.5, 0.6) is 17.2 Å². The Balaban J connectivity index is 1.79. The number of unbranched alkanes of at least 4 members (excludes halogenated alkanes) is 6. The first-order valence-corrected chi connectivity index (χ1v) is 12.3. The maximum absolute atomic E-state index is 12.9. The van der Waals surface area contributed by atoms with Crippen molar-refractivity contribution < 1.29 is 14.2 Å². The van der Waals surface area contributed by atoms with Crippen molar-refractivity contribution in [3.8, 4) is 17.2 Å². The fourth-order valence-electron chi connectivity index (χ4n) is 3.74. The number of hydrogen-bond acceptors (Lipinski definition) is 4. The van der Waals surface area contributed by atoms with Gasteiger partial charge in [0, 0.05) is 11.5 Å². The Morgan fingerprint density at radius 1 is 0.727 bits per heavy atom. The molecule has 0 amide bonds. The molecule has 1 aromatic heterocycles. The summed E-state index contributed by atoms with van der Waals surface area (Å²) in [6, 6.07) is 15.7. The zero-order chi connectivity index (χ0) is 23.3. The molecule has 0 radical (unpaired) electrons. The van der Waals surface area contributed by atoms with Crippen LogP contribution in [-0.2, 0) is 6.61 Å². The van der Waals surface area contributed by atoms with E-state index >= 15 is 0 Å². The number of fused-ring (bicyclic) bond motifs is 1. The van der Waals surface area contributed by atoms with Gasteiger partial charge in [0.25, 0.3) is 5.56 Å². The third-order valence-corrected chi connectivity index (χ3v) is 5.63. The van der Waals surface area contributed by atoms with Gasteiger partial charge in [-0.15, -0.1) is 0 Å². The Morgan fingerprint density at radius 3 is 2.06 bits per heavy atom. The van der Waals surface area contributed by atoms with Gasteiger partial charge in [0.05, 0.1) is 18.7 Å². The van der Waals surface area contributed by atoms with Gasteiger partial charge < -0.3 is 19.2 Å². The van der Waals surface area contributed by atoms with E-state index in [4.69, 9.17) is 14.2 Å². The van der Waals surface area contributed by atoms with Crippen molar-refractivity contribution in [3.63, 3.8) is 0 Å². The Hall–Kier alpha value is -2.95. The number of benzene rings is 2. The van der Waals surface area contributed by atoms with Crippen LogP contribution in [0, 0.1) is 0 Å². The molecule has 0 aliphatic rings. The van der Waals surface area contributed by atoms with Crippen LogP contribution in [0.4, 0.5) is 0 Å². The summed E-state index contributed by atoms with van der Waals surface area (Å²) in [6.07, 6.45) is 8.78. The van der Waals surface area contributed by atoms with Gasteiger partial charge in [0.1, 0.15) is 12.4 Å². The minimum Gasteiger partial charge on any atom is -0.489 e. The standard InChI is InChI=1S/C28H37NO4/c1-3-5-7-12-18-31-26-24-17-16-23(33-21-22-14-10-9-11-15-22)20-25(24)29-28(30)27(26)32-19-13-8-6-4-2/h9-11,14-17,20H,3-8,12-13,18-19,21H2,1-2H3,(H,29,30). The van der Waals surface area contributed by atoms with E-state index in [1.807, 2.05) is 48.5 Å². The number of hydrogen-bond donors (Lipinski definition) is 1. The molecule has 0 bridgehead atoms. The minimum absolute atomic E-state index is 0.262. The summed E-state index contributed by atoms with van der Waals surface area (Å²) in [4.78, 5) is 15.9. The molecule has 33 heavy (non-hydrogen) atoms. The predicted octanol–water partition coefficient (Wildman–Crippen LogP) is 7.03. The van der Waals surface area contributed by atoms with Crippen molar-refractivity contribution in [1.29, 1.82) is 0 Å². The van der Waals surface area contributed by atoms with E-state index in [0.29, 0.717) is 36.8 Å². The second kappa shape index (κ2) is 13.6. The Bertz CT molecular complexity index is 1030. The number of aromatic nitrogens is 1. The lowest BCUT2D eigenvalue weighted by molar-refractivity contribution is 0.258. The summed E-state index contributed by atoms with van der Waals surface area (Å²) < 4.78 is 18.0. The highest BCUT2D eigenvalue weighted by Crippen LogP contribution is 2.34. The van der Waals surface area contributed by atoms with Crippen LogP contribution >= 0.6 is 0 Å². The van der Waals surface area contributed by atoms with E-state index in [2.05, 4.69) is 18.8 Å². The number of aromatic amines is 1. The summed E-state index contributed by atoms with van der Waals surface area (Å²) >= 11 is 0. The van der Waals surface area contributed by atoms with Gasteiger partial charge >= 0.3 is 0 Å². The van der Waals surface area contributed by atoms with Crippen molar-refractivity contribution >= 4 is 10.9 Å². The molecule has 1 heterocycles. The second-order valence-corrected chi connectivity index (χ2v) is 8.41. The van der Waals surface area contributed by atoms with Crippen LogP contribution in [0.15, 0.2) is 53.3 Å². The molecule has 0 aliphatic heterocycles. The van der Waals surface area contributed by atoms with Gasteiger partial charge in [-0.05, 0) is 30.5 Å². The first kappa shape index (κ1) is 24.7. The van der Waals surface area contributed by atoms with Crippen LogP contribution < -0.4 is 19.8 Å². The molecule has 3 rings (SSSR count). The number of H-pyrrole nitrogens is 1. The molecular formula is C28H37NO4. The van der Waals surface area contributed by atoms with Gasteiger partial charge in [0.15, 0.2) is 5.75 Å². The number of rotatable bonds is 15. The predicted molar refractivity (Wildman–Crippen MR) is 135 cm³/mol. The zero-order valence-corrected chi connectivity index (χ0v) is 20.0. The first-order valence-electron chi connectivity index (χ1n) is 12.3. The van der Waals surface area contributed by atoms with Gasteiger partial charge in [-0.3, -0.25) is 4.79 Å². The zero-order valence-electron chi connectivity index (χ0n) is 20.0. The highest BCUT2D eigenvalue weighted by molar-refractivity contribution is 5.88. The summed E-state index contributed by atoms with van der Waals surface area (Å²) in [5.41, 5.74) is 1.52. The van der Waals surface area contributed by atoms with Crippen molar-refractivity contribution in [3.05, 3.63) is 64.4 Å². The third kappa shape index (κ3) is 7.55. The summed E-state index contributed by atoms with van der Waals surface area (Å²) in [6.45, 7) is 5.91. The van der Waals surface area contributed by atoms with E-state index in [1.54, 1.807) is 0 Å². The van der Waals surface area contributed by atoms with E-state index < -0.39 is 0 Å². The van der Waals surface area contributed by atoms with E-state index in [9.17, 15) is 4.79 Å². The average Bonchev–Trinajstić information content (AvgIpc) is 2.84. The number of pyridine rings is 1. The van der Waals surface area contributed by atoms with Crippen molar-refractivity contribution in [1.82, 2.24) is 4.98 Å². The molecule has 0 aliphatic carbocycles. The summed E-state index contributed by atoms with van der Waals surface area (Å²) in [7, 11) is 0. The summed E-state index contributed by atoms with van der Waals surface area (Å²) in [5, 5.41) is 0.834. The second-order valence-electron chi connectivity index (χ2n) is 8.41. The van der Waals surface area contributed by atoms with Crippen molar-refractivity contribution in [2.45, 2.75) is 71.8 Å². The van der Waals surface area contributed by atoms with Gasteiger partial charge in [-0.1, -0.05) is 82.7 Å². The van der Waals surface area contributed by atoms with Gasteiger partial charge in [-0.2, -0.15) is 0 Å². The third-order valence-electron chi connectivity index (χ3n) is 5.63. The van der Waals surface area contributed by atoms with Gasteiger partial charge in [0.2, 0.25) is 5.75 Å². The maximum atomic E-state index is 12.9. The molecule has 2 aromatic carbocycles. The fourth-order valence-corrected chi connectivity index (χ4v) is 3.74. The molecule has 0 unspecified atom stereocenters. The van der Waals surface area contributed by atoms with Crippen LogP contribution in [0.1, 0.15) is 70.8 Å². The van der Waals surface area contributed by atoms with Gasteiger partial charge in [-0.25, -0.2) is 0 Å². The topological polar surface area (TPSA) is 60.6 Å². The van der Waals surface area contributed by atoms with E-state index in [-0.39, 0.29) is 11.3 Å². The average molecular weight is 452 g/mol. The molecule has 0 saturated heterocycles. The Kier molecular flexibility index (Phi) is 10.1. The SMILES string of the molecule is CCCCCCOc1c(OCCCCCC)c2ccc(OCc3ccccc3)cc2[nH]c1=O. The maximum Gasteiger partial charge on any atom is 0.294 e. The quantitative estimate of drug-likeness (QED) is 0.252. The van der Waals surface area contributed by atoms with Crippen LogP contribution in [0.3, 0.4) is 0 Å². The first-order chi connectivity index (χ1) is 16.2. The molecular weight excluding hydrogens is 414 g/mol. The Labute approximate surface area is 197 Å². The molecule has 3 aromatic rings. The van der Waals surface area contributed by atoms with E-state index in [1.165, 1.54) is 19.3 Å². The lowest BCUT2D eigenvalue weighted by Gasteiger charge is -2.15. The van der Waals surface area contributed by atoms with Crippen LogP contribution in [-0.4, -0.2) is 18.2 Å². The highest BCUT2D eigenvalue weighted by Gasteiger charge is 2.16. The van der Waals surface area contributed by atoms with Crippen LogP contribution in [0.2, 0.25) is 0 Å². The molecule has 1 N–H and O–H groups in total. The largest absolute Gasteiger partial charge is 0.489 e. The highest BCUT2D eigenvalue weighted by atomic mass is 16.5. The molecule has 0 saturated carbocycles. The normalized spacial score (nSPS) is 11.0. The monoisotopic (exact) mass is 451 g/mol. The van der Waals surface area contributed by atoms with E-state index in [0.717, 1.165) is 43.1 Å². The lowest BCUT2D eigenvalue weighted by atomic mass is 10.1. The molecule has 0 spiro atoms. The molecule has 0 fully saturated rings. The van der Waals surface area contributed by atoms with Crippen LogP contribution in [0.25, 0.3) is 10.9 Å². The molecule has 0 atom stereocenters. The van der Waals surface area contributed by atoms with Crippen molar-refractivity contribution in [2.24, 2.45) is 0 Å². The Morgan fingerprint density at radius 2 is 1.39 bits per heavy atom. The number of ether oxygens (including phenoxy) is 3.